The quantitative estimate of drug-likeness (QED) is 0.801. The van der Waals surface area contributed by atoms with E-state index in [-0.39, 0.29) is 5.56 Å². The van der Waals surface area contributed by atoms with Crippen molar-refractivity contribution in [3.8, 4) is 0 Å². The molecule has 166 valence electrons. The molecule has 2 aromatic heterocycles. The molecule has 4 aliphatic rings. The van der Waals surface area contributed by atoms with Crippen molar-refractivity contribution in [2.75, 3.05) is 19.7 Å². The second-order valence-electron chi connectivity index (χ2n) is 10.3. The molecule has 5 atom stereocenters. The first-order valence-corrected chi connectivity index (χ1v) is 12.0. The lowest BCUT2D eigenvalue weighted by Crippen LogP contribution is -2.48. The maximum Gasteiger partial charge on any atom is 0.255 e. The number of aliphatic hydroxyl groups is 1. The van der Waals surface area contributed by atoms with Gasteiger partial charge in [0.2, 0.25) is 0 Å². The summed E-state index contributed by atoms with van der Waals surface area (Å²) in [5, 5.41) is 9.60. The average molecular weight is 424 g/mol. The van der Waals surface area contributed by atoms with Crippen molar-refractivity contribution in [3.63, 3.8) is 0 Å². The van der Waals surface area contributed by atoms with Gasteiger partial charge in [-0.15, -0.1) is 0 Å². The Bertz CT molecular complexity index is 970. The topological polar surface area (TPSA) is 61.9 Å². The first-order chi connectivity index (χ1) is 15.2. The molecule has 0 aliphatic carbocycles. The van der Waals surface area contributed by atoms with Gasteiger partial charge in [-0.25, -0.2) is 0 Å². The van der Waals surface area contributed by atoms with E-state index in [4.69, 9.17) is 4.42 Å². The molecule has 4 bridgehead atoms. The summed E-state index contributed by atoms with van der Waals surface area (Å²) >= 11 is 0. The van der Waals surface area contributed by atoms with E-state index in [1.54, 1.807) is 6.26 Å². The average Bonchev–Trinajstić information content (AvgIpc) is 3.35. The maximum absolute atomic E-state index is 13.5. The van der Waals surface area contributed by atoms with Gasteiger partial charge in [-0.3, -0.25) is 14.6 Å². The number of fused-ring (bicyclic) bond motifs is 6. The summed E-state index contributed by atoms with van der Waals surface area (Å²) < 4.78 is 7.65. The van der Waals surface area contributed by atoms with Crippen LogP contribution in [-0.4, -0.2) is 51.3 Å². The lowest BCUT2D eigenvalue weighted by Gasteiger charge is -2.43. The van der Waals surface area contributed by atoms with E-state index >= 15 is 0 Å². The lowest BCUT2D eigenvalue weighted by atomic mass is 9.83. The maximum atomic E-state index is 13.5. The minimum Gasteiger partial charge on any atom is -0.468 e. The number of pyridine rings is 1. The first-order valence-electron chi connectivity index (χ1n) is 12.0. The van der Waals surface area contributed by atoms with Crippen LogP contribution in [0.4, 0.5) is 0 Å². The fourth-order valence-electron chi connectivity index (χ4n) is 6.95. The number of likely N-dealkylation sites (tertiary alicyclic amines) is 1. The molecule has 0 saturated carbocycles. The highest BCUT2D eigenvalue weighted by molar-refractivity contribution is 5.23. The standard InChI is InChI=1S/C25H33N3O3/c29-16-17-9-21-4-5-22(10-17)27(21)14-19-3-6-24-20-8-18(12-28(24)25(19)30)11-26(13-20)15-23-2-1-7-31-23/h1-3,6-7,17-18,20-22,29H,4-5,8-16H2/t17?,18-,20+,21-,22+/m0/s1. The molecule has 6 heterocycles. The van der Waals surface area contributed by atoms with Crippen LogP contribution in [0.15, 0.2) is 39.7 Å². The molecule has 0 aromatic carbocycles. The van der Waals surface area contributed by atoms with Gasteiger partial charge in [0, 0.05) is 62.0 Å². The molecule has 31 heavy (non-hydrogen) atoms. The van der Waals surface area contributed by atoms with E-state index in [9.17, 15) is 9.90 Å². The third-order valence-electron chi connectivity index (χ3n) is 8.31. The summed E-state index contributed by atoms with van der Waals surface area (Å²) in [6.07, 6.45) is 7.51. The van der Waals surface area contributed by atoms with Gasteiger partial charge in [0.25, 0.3) is 5.56 Å². The molecule has 2 aromatic rings. The molecule has 1 N–H and O–H groups in total. The first kappa shape index (κ1) is 19.8. The number of aliphatic hydroxyl groups excluding tert-OH is 1. The van der Waals surface area contributed by atoms with E-state index in [0.29, 0.717) is 36.4 Å². The largest absolute Gasteiger partial charge is 0.468 e. The predicted molar refractivity (Wildman–Crippen MR) is 118 cm³/mol. The Morgan fingerprint density at radius 3 is 2.58 bits per heavy atom. The molecule has 3 fully saturated rings. The number of hydrogen-bond acceptors (Lipinski definition) is 5. The van der Waals surface area contributed by atoms with Crippen LogP contribution < -0.4 is 5.56 Å². The second kappa shape index (κ2) is 7.91. The summed E-state index contributed by atoms with van der Waals surface area (Å²) in [4.78, 5) is 18.5. The van der Waals surface area contributed by atoms with Gasteiger partial charge in [-0.05, 0) is 62.1 Å². The SMILES string of the molecule is O=c1c(CN2[C@@H]3CC[C@H]2CC(CO)C3)ccc2n1C[C@H]1C[C@@H]2CN(Cc2ccco2)C1. The summed E-state index contributed by atoms with van der Waals surface area (Å²) in [6, 6.07) is 9.41. The molecule has 0 radical (unpaired) electrons. The summed E-state index contributed by atoms with van der Waals surface area (Å²) in [5.74, 6) is 2.43. The van der Waals surface area contributed by atoms with E-state index in [2.05, 4.69) is 26.5 Å². The van der Waals surface area contributed by atoms with Crippen molar-refractivity contribution in [2.45, 2.75) is 69.7 Å². The number of hydrogen-bond donors (Lipinski definition) is 1. The van der Waals surface area contributed by atoms with Crippen LogP contribution in [0.3, 0.4) is 0 Å². The van der Waals surface area contributed by atoms with Crippen molar-refractivity contribution in [1.29, 1.82) is 0 Å². The van der Waals surface area contributed by atoms with Gasteiger partial charge >= 0.3 is 0 Å². The van der Waals surface area contributed by atoms with Gasteiger partial charge < -0.3 is 14.1 Å². The highest BCUT2D eigenvalue weighted by Gasteiger charge is 2.41. The Hall–Kier alpha value is -1.89. The molecule has 0 amide bonds. The fraction of sp³-hybridized carbons (Fsp3) is 0.640. The van der Waals surface area contributed by atoms with Crippen LogP contribution in [0.5, 0.6) is 0 Å². The molecular formula is C25H33N3O3. The van der Waals surface area contributed by atoms with Crippen LogP contribution >= 0.6 is 0 Å². The van der Waals surface area contributed by atoms with E-state index in [0.717, 1.165) is 56.9 Å². The Morgan fingerprint density at radius 1 is 1.00 bits per heavy atom. The van der Waals surface area contributed by atoms with Crippen LogP contribution in [0, 0.1) is 11.8 Å². The van der Waals surface area contributed by atoms with Crippen molar-refractivity contribution < 1.29 is 9.52 Å². The number of aromatic nitrogens is 1. The van der Waals surface area contributed by atoms with Gasteiger partial charge in [0.1, 0.15) is 5.76 Å². The Balaban J connectivity index is 1.21. The van der Waals surface area contributed by atoms with Gasteiger partial charge in [0.05, 0.1) is 12.8 Å². The molecule has 6 nitrogen and oxygen atoms in total. The molecule has 4 aliphatic heterocycles. The zero-order chi connectivity index (χ0) is 20.9. The zero-order valence-electron chi connectivity index (χ0n) is 18.2. The monoisotopic (exact) mass is 423 g/mol. The minimum atomic E-state index is 0.232. The predicted octanol–water partition coefficient (Wildman–Crippen LogP) is 2.80. The van der Waals surface area contributed by atoms with Gasteiger partial charge in [0.15, 0.2) is 0 Å². The third kappa shape index (κ3) is 3.59. The third-order valence-corrected chi connectivity index (χ3v) is 8.31. The van der Waals surface area contributed by atoms with Crippen LogP contribution in [-0.2, 0) is 19.6 Å². The Kier molecular flexibility index (Phi) is 5.04. The Morgan fingerprint density at radius 2 is 1.84 bits per heavy atom. The minimum absolute atomic E-state index is 0.232. The van der Waals surface area contributed by atoms with Crippen LogP contribution in [0.1, 0.15) is 55.0 Å². The van der Waals surface area contributed by atoms with Crippen molar-refractivity contribution >= 4 is 0 Å². The van der Waals surface area contributed by atoms with Crippen LogP contribution in [0.2, 0.25) is 0 Å². The summed E-state index contributed by atoms with van der Waals surface area (Å²) in [7, 11) is 0. The van der Waals surface area contributed by atoms with Crippen molar-refractivity contribution in [1.82, 2.24) is 14.4 Å². The van der Waals surface area contributed by atoms with Gasteiger partial charge in [-0.1, -0.05) is 6.07 Å². The number of piperidine rings is 2. The van der Waals surface area contributed by atoms with Gasteiger partial charge in [-0.2, -0.15) is 0 Å². The number of rotatable bonds is 5. The number of furan rings is 1. The molecular weight excluding hydrogens is 390 g/mol. The van der Waals surface area contributed by atoms with E-state index in [1.807, 2.05) is 12.1 Å². The zero-order valence-corrected chi connectivity index (χ0v) is 18.2. The fourth-order valence-corrected chi connectivity index (χ4v) is 6.95. The number of nitrogens with zero attached hydrogens (tertiary/aromatic N) is 3. The highest BCUT2D eigenvalue weighted by Crippen LogP contribution is 2.40. The van der Waals surface area contributed by atoms with E-state index in [1.165, 1.54) is 25.0 Å². The normalized spacial score (nSPS) is 32.9. The van der Waals surface area contributed by atoms with Crippen molar-refractivity contribution in [3.05, 3.63) is 57.9 Å². The highest BCUT2D eigenvalue weighted by atomic mass is 16.3. The smallest absolute Gasteiger partial charge is 0.255 e. The summed E-state index contributed by atoms with van der Waals surface area (Å²) in [6.45, 7) is 4.80. The summed E-state index contributed by atoms with van der Waals surface area (Å²) in [5.41, 5.74) is 2.40. The van der Waals surface area contributed by atoms with Crippen LogP contribution in [0.25, 0.3) is 0 Å². The van der Waals surface area contributed by atoms with E-state index < -0.39 is 0 Å². The Labute approximate surface area is 183 Å². The molecule has 3 saturated heterocycles. The molecule has 6 rings (SSSR count). The molecule has 0 spiro atoms. The molecule has 1 unspecified atom stereocenters. The van der Waals surface area contributed by atoms with Crippen molar-refractivity contribution in [2.24, 2.45) is 11.8 Å². The molecule has 6 heteroatoms. The second-order valence-corrected chi connectivity index (χ2v) is 10.3. The lowest BCUT2D eigenvalue weighted by molar-refractivity contribution is 0.0675.